The Labute approximate surface area is 145 Å². The third kappa shape index (κ3) is 3.80. The van der Waals surface area contributed by atoms with Crippen LogP contribution in [0.15, 0.2) is 54.3 Å². The van der Waals surface area contributed by atoms with Gasteiger partial charge in [0.1, 0.15) is 17.4 Å². The maximum Gasteiger partial charge on any atom is 0.257 e. The molecule has 1 aromatic carbocycles. The average molecular weight is 358 g/mol. The smallest absolute Gasteiger partial charge is 0.257 e. The molecule has 2 N–H and O–H groups in total. The Kier molecular flexibility index (Phi) is 4.71. The number of anilines is 1. The van der Waals surface area contributed by atoms with Crippen molar-refractivity contribution in [3.63, 3.8) is 0 Å². The zero-order valence-corrected chi connectivity index (χ0v) is 14.5. The molecule has 130 valence electrons. The Morgan fingerprint density at radius 3 is 2.76 bits per heavy atom. The molecule has 2 aromatic heterocycles. The SMILES string of the molecule is C=C(C)S(=O)(=O)Nc1c[nH]c2ncnc(OCCc3ccccc3)c12. The summed E-state index contributed by atoms with van der Waals surface area (Å²) < 4.78 is 32.3. The quantitative estimate of drug-likeness (QED) is 0.677. The van der Waals surface area contributed by atoms with Crippen molar-refractivity contribution in [2.24, 2.45) is 0 Å². The second-order valence-corrected chi connectivity index (χ2v) is 7.40. The molecule has 2 heterocycles. The summed E-state index contributed by atoms with van der Waals surface area (Å²) in [5.41, 5.74) is 1.96. The first-order valence-corrected chi connectivity index (χ1v) is 9.13. The average Bonchev–Trinajstić information content (AvgIpc) is 2.99. The van der Waals surface area contributed by atoms with Gasteiger partial charge in [0.25, 0.3) is 10.0 Å². The number of hydrogen-bond donors (Lipinski definition) is 2. The van der Waals surface area contributed by atoms with Gasteiger partial charge in [-0.15, -0.1) is 0 Å². The zero-order valence-electron chi connectivity index (χ0n) is 13.7. The second kappa shape index (κ2) is 6.94. The molecular formula is C17H18N4O3S. The predicted octanol–water partition coefficient (Wildman–Crippen LogP) is 2.85. The topological polar surface area (TPSA) is 97.0 Å². The molecule has 0 aliphatic heterocycles. The van der Waals surface area contributed by atoms with Crippen LogP contribution in [0.2, 0.25) is 0 Å². The minimum absolute atomic E-state index is 0.0187. The van der Waals surface area contributed by atoms with E-state index in [0.29, 0.717) is 35.6 Å². The fraction of sp³-hybridized carbons (Fsp3) is 0.176. The van der Waals surface area contributed by atoms with E-state index in [4.69, 9.17) is 4.74 Å². The van der Waals surface area contributed by atoms with Gasteiger partial charge in [0.2, 0.25) is 5.88 Å². The Morgan fingerprint density at radius 1 is 1.28 bits per heavy atom. The Bertz CT molecular complexity index is 997. The number of H-pyrrole nitrogens is 1. The largest absolute Gasteiger partial charge is 0.477 e. The zero-order chi connectivity index (χ0) is 17.9. The molecule has 0 atom stereocenters. The first-order valence-electron chi connectivity index (χ1n) is 7.64. The van der Waals surface area contributed by atoms with Crippen LogP contribution in [0.4, 0.5) is 5.69 Å². The van der Waals surface area contributed by atoms with E-state index in [9.17, 15) is 8.42 Å². The molecule has 25 heavy (non-hydrogen) atoms. The normalized spacial score (nSPS) is 11.4. The van der Waals surface area contributed by atoms with E-state index in [1.54, 1.807) is 0 Å². The van der Waals surface area contributed by atoms with E-state index in [1.807, 2.05) is 30.3 Å². The third-order valence-electron chi connectivity index (χ3n) is 3.61. The van der Waals surface area contributed by atoms with Crippen molar-refractivity contribution >= 4 is 26.7 Å². The van der Waals surface area contributed by atoms with E-state index in [-0.39, 0.29) is 4.91 Å². The van der Waals surface area contributed by atoms with E-state index in [0.717, 1.165) is 5.56 Å². The minimum Gasteiger partial charge on any atom is -0.477 e. The summed E-state index contributed by atoms with van der Waals surface area (Å²) in [6.45, 7) is 5.30. The monoisotopic (exact) mass is 358 g/mol. The lowest BCUT2D eigenvalue weighted by molar-refractivity contribution is 0.313. The van der Waals surface area contributed by atoms with Crippen molar-refractivity contribution in [2.75, 3.05) is 11.3 Å². The minimum atomic E-state index is -3.67. The van der Waals surface area contributed by atoms with Crippen LogP contribution in [-0.2, 0) is 16.4 Å². The summed E-state index contributed by atoms with van der Waals surface area (Å²) in [6.07, 6.45) is 3.60. The molecule has 0 bridgehead atoms. The first-order chi connectivity index (χ1) is 12.0. The molecule has 0 aliphatic carbocycles. The lowest BCUT2D eigenvalue weighted by Crippen LogP contribution is -2.12. The maximum absolute atomic E-state index is 12.0. The molecule has 0 amide bonds. The highest BCUT2D eigenvalue weighted by molar-refractivity contribution is 7.96. The Balaban J connectivity index is 1.83. The highest BCUT2D eigenvalue weighted by Gasteiger charge is 2.18. The molecule has 0 saturated carbocycles. The highest BCUT2D eigenvalue weighted by Crippen LogP contribution is 2.30. The summed E-state index contributed by atoms with van der Waals surface area (Å²) in [5, 5.41) is 0.486. The fourth-order valence-electron chi connectivity index (χ4n) is 2.27. The summed E-state index contributed by atoms with van der Waals surface area (Å²) in [6, 6.07) is 9.92. The number of ether oxygens (including phenoxy) is 1. The molecule has 0 aliphatic rings. The second-order valence-electron chi connectivity index (χ2n) is 5.50. The highest BCUT2D eigenvalue weighted by atomic mass is 32.2. The van der Waals surface area contributed by atoms with E-state index in [2.05, 4.69) is 26.3 Å². The number of benzene rings is 1. The molecule has 0 radical (unpaired) electrons. The van der Waals surface area contributed by atoms with Crippen molar-refractivity contribution in [1.82, 2.24) is 15.0 Å². The molecule has 3 aromatic rings. The first kappa shape index (κ1) is 17.0. The van der Waals surface area contributed by atoms with Crippen LogP contribution in [0, 0.1) is 0 Å². The van der Waals surface area contributed by atoms with Gasteiger partial charge in [-0.05, 0) is 12.5 Å². The van der Waals surface area contributed by atoms with Crippen molar-refractivity contribution in [1.29, 1.82) is 0 Å². The number of hydrogen-bond acceptors (Lipinski definition) is 5. The summed E-state index contributed by atoms with van der Waals surface area (Å²) >= 11 is 0. The third-order valence-corrected chi connectivity index (χ3v) is 5.02. The van der Waals surface area contributed by atoms with Gasteiger partial charge in [-0.2, -0.15) is 0 Å². The Morgan fingerprint density at radius 2 is 2.04 bits per heavy atom. The van der Waals surface area contributed by atoms with Crippen LogP contribution >= 0.6 is 0 Å². The van der Waals surface area contributed by atoms with Crippen LogP contribution in [-0.4, -0.2) is 30.0 Å². The van der Waals surface area contributed by atoms with Crippen molar-refractivity contribution in [2.45, 2.75) is 13.3 Å². The fourth-order valence-corrected chi connectivity index (χ4v) is 2.89. The molecular weight excluding hydrogens is 340 g/mol. The van der Waals surface area contributed by atoms with E-state index >= 15 is 0 Å². The lowest BCUT2D eigenvalue weighted by Gasteiger charge is -2.09. The van der Waals surface area contributed by atoms with Gasteiger partial charge in [-0.3, -0.25) is 4.72 Å². The summed E-state index contributed by atoms with van der Waals surface area (Å²) in [7, 11) is -3.67. The lowest BCUT2D eigenvalue weighted by atomic mass is 10.2. The molecule has 0 unspecified atom stereocenters. The van der Waals surface area contributed by atoms with E-state index in [1.165, 1.54) is 19.4 Å². The molecule has 0 saturated heterocycles. The number of nitrogens with zero attached hydrogens (tertiary/aromatic N) is 2. The van der Waals surface area contributed by atoms with Gasteiger partial charge in [0, 0.05) is 12.6 Å². The number of rotatable bonds is 7. The van der Waals surface area contributed by atoms with Gasteiger partial charge in [0.05, 0.1) is 17.2 Å². The van der Waals surface area contributed by atoms with Crippen LogP contribution in [0.25, 0.3) is 11.0 Å². The predicted molar refractivity (Wildman–Crippen MR) is 96.9 cm³/mol. The number of aromatic nitrogens is 3. The van der Waals surface area contributed by atoms with Gasteiger partial charge in [-0.1, -0.05) is 36.9 Å². The summed E-state index contributed by atoms with van der Waals surface area (Å²) in [5.74, 6) is 0.321. The van der Waals surface area contributed by atoms with Crippen LogP contribution in [0.3, 0.4) is 0 Å². The molecule has 7 nitrogen and oxygen atoms in total. The summed E-state index contributed by atoms with van der Waals surface area (Å²) in [4.78, 5) is 11.2. The maximum atomic E-state index is 12.0. The van der Waals surface area contributed by atoms with Crippen molar-refractivity contribution in [3.05, 3.63) is 59.9 Å². The Hall–Kier alpha value is -2.87. The number of fused-ring (bicyclic) bond motifs is 1. The van der Waals surface area contributed by atoms with Gasteiger partial charge in [0.15, 0.2) is 0 Å². The molecule has 8 heteroatoms. The van der Waals surface area contributed by atoms with Crippen LogP contribution in [0.1, 0.15) is 12.5 Å². The molecule has 0 spiro atoms. The van der Waals surface area contributed by atoms with Crippen LogP contribution < -0.4 is 9.46 Å². The van der Waals surface area contributed by atoms with E-state index < -0.39 is 10.0 Å². The van der Waals surface area contributed by atoms with Crippen molar-refractivity contribution < 1.29 is 13.2 Å². The number of nitrogens with one attached hydrogen (secondary N) is 2. The molecule has 3 rings (SSSR count). The number of allylic oxidation sites excluding steroid dienone is 1. The van der Waals surface area contributed by atoms with Gasteiger partial charge < -0.3 is 9.72 Å². The van der Waals surface area contributed by atoms with Crippen molar-refractivity contribution in [3.8, 4) is 5.88 Å². The molecule has 0 fully saturated rings. The number of sulfonamides is 1. The van der Waals surface area contributed by atoms with Gasteiger partial charge in [-0.25, -0.2) is 18.4 Å². The standard InChI is InChI=1S/C17H18N4O3S/c1-12(2)25(22,23)21-14-10-18-16-15(14)17(20-11-19-16)24-9-8-13-6-4-3-5-7-13/h3-7,10-11,21H,1,8-9H2,2H3,(H,18,19,20). The number of aromatic amines is 1. The van der Waals surface area contributed by atoms with Crippen LogP contribution in [0.5, 0.6) is 5.88 Å². The van der Waals surface area contributed by atoms with Gasteiger partial charge >= 0.3 is 0 Å².